The SMILES string of the molecule is CC(C)CNC(=O)CN(C)C1CCCCC1. The van der Waals surface area contributed by atoms with Gasteiger partial charge in [-0.1, -0.05) is 33.1 Å². The zero-order valence-corrected chi connectivity index (χ0v) is 11.0. The second-order valence-corrected chi connectivity index (χ2v) is 5.40. The lowest BCUT2D eigenvalue weighted by atomic mass is 9.94. The van der Waals surface area contributed by atoms with Crippen molar-refractivity contribution in [3.63, 3.8) is 0 Å². The molecule has 0 aromatic rings. The third kappa shape index (κ3) is 4.97. The topological polar surface area (TPSA) is 32.3 Å². The van der Waals surface area contributed by atoms with Gasteiger partial charge in [0.25, 0.3) is 0 Å². The maximum absolute atomic E-state index is 11.6. The highest BCUT2D eigenvalue weighted by atomic mass is 16.2. The molecule has 1 fully saturated rings. The first-order valence-electron chi connectivity index (χ1n) is 6.56. The molecule has 1 aliphatic carbocycles. The molecule has 0 heterocycles. The molecule has 0 bridgehead atoms. The molecule has 0 saturated heterocycles. The van der Waals surface area contributed by atoms with Crippen molar-refractivity contribution in [1.82, 2.24) is 10.2 Å². The first-order valence-corrected chi connectivity index (χ1v) is 6.56. The number of amides is 1. The molecule has 1 saturated carbocycles. The molecule has 0 aromatic heterocycles. The summed E-state index contributed by atoms with van der Waals surface area (Å²) in [5.74, 6) is 0.700. The van der Waals surface area contributed by atoms with Crippen molar-refractivity contribution < 1.29 is 4.79 Å². The molecule has 1 aliphatic rings. The monoisotopic (exact) mass is 226 g/mol. The molecule has 3 heteroatoms. The van der Waals surface area contributed by atoms with Gasteiger partial charge in [0, 0.05) is 12.6 Å². The van der Waals surface area contributed by atoms with Crippen LogP contribution >= 0.6 is 0 Å². The van der Waals surface area contributed by atoms with Crippen LogP contribution in [0.2, 0.25) is 0 Å². The standard InChI is InChI=1S/C13H26N2O/c1-11(2)9-14-13(16)10-15(3)12-7-5-4-6-8-12/h11-12H,4-10H2,1-3H3,(H,14,16). The summed E-state index contributed by atoms with van der Waals surface area (Å²) in [5, 5.41) is 2.97. The Hall–Kier alpha value is -0.570. The minimum Gasteiger partial charge on any atom is -0.355 e. The molecular weight excluding hydrogens is 200 g/mol. The molecule has 0 spiro atoms. The van der Waals surface area contributed by atoms with Crippen molar-refractivity contribution in [2.75, 3.05) is 20.1 Å². The van der Waals surface area contributed by atoms with Crippen LogP contribution in [-0.4, -0.2) is 37.0 Å². The summed E-state index contributed by atoms with van der Waals surface area (Å²) in [7, 11) is 2.07. The first kappa shape index (κ1) is 13.5. The number of hydrogen-bond acceptors (Lipinski definition) is 2. The van der Waals surface area contributed by atoms with Gasteiger partial charge >= 0.3 is 0 Å². The van der Waals surface area contributed by atoms with Gasteiger partial charge < -0.3 is 5.32 Å². The zero-order valence-electron chi connectivity index (χ0n) is 11.0. The third-order valence-electron chi connectivity index (χ3n) is 3.30. The summed E-state index contributed by atoms with van der Waals surface area (Å²) in [6.07, 6.45) is 6.52. The van der Waals surface area contributed by atoms with E-state index in [1.807, 2.05) is 0 Å². The third-order valence-corrected chi connectivity index (χ3v) is 3.30. The minimum absolute atomic E-state index is 0.168. The molecular formula is C13H26N2O. The summed E-state index contributed by atoms with van der Waals surface area (Å²) in [4.78, 5) is 13.9. The minimum atomic E-state index is 0.168. The van der Waals surface area contributed by atoms with E-state index < -0.39 is 0 Å². The predicted octanol–water partition coefficient (Wildman–Crippen LogP) is 2.02. The van der Waals surface area contributed by atoms with Crippen molar-refractivity contribution in [3.05, 3.63) is 0 Å². The molecule has 94 valence electrons. The van der Waals surface area contributed by atoms with Crippen LogP contribution in [0.1, 0.15) is 46.0 Å². The van der Waals surface area contributed by atoms with Gasteiger partial charge in [0.2, 0.25) is 5.91 Å². The van der Waals surface area contributed by atoms with E-state index in [2.05, 4.69) is 31.1 Å². The number of rotatable bonds is 5. The average molecular weight is 226 g/mol. The Morgan fingerprint density at radius 1 is 1.31 bits per heavy atom. The smallest absolute Gasteiger partial charge is 0.234 e. The van der Waals surface area contributed by atoms with Crippen LogP contribution in [0.15, 0.2) is 0 Å². The molecule has 0 aromatic carbocycles. The van der Waals surface area contributed by atoms with Crippen LogP contribution < -0.4 is 5.32 Å². The largest absolute Gasteiger partial charge is 0.355 e. The Kier molecular flexibility index (Phi) is 5.81. The number of likely N-dealkylation sites (N-methyl/N-ethyl adjacent to an activating group) is 1. The van der Waals surface area contributed by atoms with Crippen LogP contribution in [0, 0.1) is 5.92 Å². The van der Waals surface area contributed by atoms with E-state index in [4.69, 9.17) is 0 Å². The molecule has 1 rings (SSSR count). The highest BCUT2D eigenvalue weighted by molar-refractivity contribution is 5.77. The Balaban J connectivity index is 2.21. The van der Waals surface area contributed by atoms with Crippen LogP contribution in [0.25, 0.3) is 0 Å². The normalized spacial score (nSPS) is 18.1. The van der Waals surface area contributed by atoms with Crippen molar-refractivity contribution in [1.29, 1.82) is 0 Å². The van der Waals surface area contributed by atoms with Crippen LogP contribution in [0.4, 0.5) is 0 Å². The lowest BCUT2D eigenvalue weighted by molar-refractivity contribution is -0.122. The summed E-state index contributed by atoms with van der Waals surface area (Å²) < 4.78 is 0. The van der Waals surface area contributed by atoms with E-state index in [1.165, 1.54) is 32.1 Å². The molecule has 0 aliphatic heterocycles. The summed E-state index contributed by atoms with van der Waals surface area (Å²) in [5.41, 5.74) is 0. The van der Waals surface area contributed by atoms with Crippen LogP contribution in [0.3, 0.4) is 0 Å². The van der Waals surface area contributed by atoms with Crippen LogP contribution in [-0.2, 0) is 4.79 Å². The number of nitrogens with zero attached hydrogens (tertiary/aromatic N) is 1. The maximum atomic E-state index is 11.6. The van der Waals surface area contributed by atoms with Gasteiger partial charge in [0.1, 0.15) is 0 Å². The Morgan fingerprint density at radius 3 is 2.50 bits per heavy atom. The summed E-state index contributed by atoms with van der Waals surface area (Å²) >= 11 is 0. The van der Waals surface area contributed by atoms with Gasteiger partial charge in [-0.2, -0.15) is 0 Å². The predicted molar refractivity (Wildman–Crippen MR) is 67.4 cm³/mol. The van der Waals surface area contributed by atoms with E-state index >= 15 is 0 Å². The summed E-state index contributed by atoms with van der Waals surface area (Å²) in [6, 6.07) is 0.624. The van der Waals surface area contributed by atoms with Gasteiger partial charge in [-0.25, -0.2) is 0 Å². The lowest BCUT2D eigenvalue weighted by Crippen LogP contribution is -2.42. The lowest BCUT2D eigenvalue weighted by Gasteiger charge is -2.30. The number of carbonyl (C=O) groups excluding carboxylic acids is 1. The quantitative estimate of drug-likeness (QED) is 0.778. The molecule has 1 amide bonds. The van der Waals surface area contributed by atoms with E-state index in [-0.39, 0.29) is 5.91 Å². The maximum Gasteiger partial charge on any atom is 0.234 e. The van der Waals surface area contributed by atoms with Gasteiger partial charge in [0.15, 0.2) is 0 Å². The number of nitrogens with one attached hydrogen (secondary N) is 1. The highest BCUT2D eigenvalue weighted by Crippen LogP contribution is 2.21. The first-order chi connectivity index (χ1) is 7.59. The summed E-state index contributed by atoms with van der Waals surface area (Å²) in [6.45, 7) is 5.57. The molecule has 0 unspecified atom stereocenters. The van der Waals surface area contributed by atoms with Crippen molar-refractivity contribution in [2.24, 2.45) is 5.92 Å². The van der Waals surface area contributed by atoms with Gasteiger partial charge in [-0.15, -0.1) is 0 Å². The fourth-order valence-electron chi connectivity index (χ4n) is 2.25. The van der Waals surface area contributed by atoms with Gasteiger partial charge in [-0.05, 0) is 25.8 Å². The molecule has 16 heavy (non-hydrogen) atoms. The number of hydrogen-bond donors (Lipinski definition) is 1. The number of carbonyl (C=O) groups is 1. The van der Waals surface area contributed by atoms with E-state index in [0.29, 0.717) is 18.5 Å². The Morgan fingerprint density at radius 2 is 1.94 bits per heavy atom. The Bertz CT molecular complexity index is 210. The molecule has 0 radical (unpaired) electrons. The fraction of sp³-hybridized carbons (Fsp3) is 0.923. The van der Waals surface area contributed by atoms with Gasteiger partial charge in [-0.3, -0.25) is 9.69 Å². The Labute approximate surface area is 99.6 Å². The fourth-order valence-corrected chi connectivity index (χ4v) is 2.25. The zero-order chi connectivity index (χ0) is 12.0. The van der Waals surface area contributed by atoms with E-state index in [1.54, 1.807) is 0 Å². The average Bonchev–Trinajstić information content (AvgIpc) is 2.27. The van der Waals surface area contributed by atoms with Crippen molar-refractivity contribution in [2.45, 2.75) is 52.0 Å². The van der Waals surface area contributed by atoms with Crippen molar-refractivity contribution >= 4 is 5.91 Å². The van der Waals surface area contributed by atoms with Gasteiger partial charge in [0.05, 0.1) is 6.54 Å². The van der Waals surface area contributed by atoms with Crippen molar-refractivity contribution in [3.8, 4) is 0 Å². The van der Waals surface area contributed by atoms with Crippen LogP contribution in [0.5, 0.6) is 0 Å². The second-order valence-electron chi connectivity index (χ2n) is 5.40. The molecule has 1 N–H and O–H groups in total. The highest BCUT2D eigenvalue weighted by Gasteiger charge is 2.19. The molecule has 0 atom stereocenters. The second kappa shape index (κ2) is 6.89. The van der Waals surface area contributed by atoms with E-state index in [0.717, 1.165) is 6.54 Å². The molecule has 3 nitrogen and oxygen atoms in total. The van der Waals surface area contributed by atoms with E-state index in [9.17, 15) is 4.79 Å².